The van der Waals surface area contributed by atoms with Crippen molar-refractivity contribution in [2.75, 3.05) is 0 Å². The maximum Gasteiger partial charge on any atom is 0.643 e. The third kappa shape index (κ3) is 12.4. The lowest BCUT2D eigenvalue weighted by molar-refractivity contribution is 0.00578. The second kappa shape index (κ2) is 21.7. The van der Waals surface area contributed by atoms with E-state index in [-0.39, 0.29) is 6.71 Å². The smallest absolute Gasteiger partial charge is 0.458 e. The van der Waals surface area contributed by atoms with Crippen molar-refractivity contribution < 1.29 is 28.3 Å². The van der Waals surface area contributed by atoms with Gasteiger partial charge in [0.05, 0.1) is 16.7 Å². The minimum atomic E-state index is -1.72. The van der Waals surface area contributed by atoms with Gasteiger partial charge in [-0.05, 0) is 136 Å². The zero-order chi connectivity index (χ0) is 46.5. The van der Waals surface area contributed by atoms with Gasteiger partial charge in [0.1, 0.15) is 46.0 Å². The first-order chi connectivity index (χ1) is 31.0. The number of halogens is 8. The molecule has 1 saturated heterocycles. The summed E-state index contributed by atoms with van der Waals surface area (Å²) in [4.78, 5) is 0. The Balaban J connectivity index is 0.000000161. The van der Waals surface area contributed by atoms with Crippen molar-refractivity contribution in [3.8, 4) is 46.0 Å². The van der Waals surface area contributed by atoms with Gasteiger partial charge in [0.25, 0.3) is 6.71 Å². The Labute approximate surface area is 421 Å². The van der Waals surface area contributed by atoms with Crippen molar-refractivity contribution >= 4 is 135 Å². The Kier molecular flexibility index (Phi) is 16.6. The molecular formula is C48H37AlB2Cl8O6. The lowest BCUT2D eigenvalue weighted by Crippen LogP contribution is -2.57. The Morgan fingerprint density at radius 3 is 1.25 bits per heavy atom. The van der Waals surface area contributed by atoms with Gasteiger partial charge >= 0.3 is 18.5 Å². The molecule has 65 heavy (non-hydrogen) atoms. The molecule has 10 rings (SSSR count). The standard InChI is InChI=1S/C24H23BCl2O4.C18H9BCl2O2.C6H5Cl.Al.3ClH/c1-23(2)24(3,4)31-25(30-23)22-20(28-18-10-5-8-16(26)14-18)12-7-13-21(22)29-19-11-6-9-17(27)15-19;20-10-4-6-12-16(8-10)22-14-2-1-3-15-18(14)19(12)13-7-5-11(21)9-17(13)23-15;7-6-4-2-1-3-5-6;;;;/h5-15H,1-4H3;1-9H;1-5H;;3*1H/q;;;+3;;;/p-3. The molecule has 0 aliphatic carbocycles. The lowest BCUT2D eigenvalue weighted by Gasteiger charge is -2.32. The van der Waals surface area contributed by atoms with Crippen LogP contribution in [-0.4, -0.2) is 36.4 Å². The van der Waals surface area contributed by atoms with E-state index in [2.05, 4.69) is 0 Å². The van der Waals surface area contributed by atoms with Gasteiger partial charge in [-0.2, -0.15) is 0 Å². The van der Waals surface area contributed by atoms with E-state index in [0.29, 0.717) is 48.6 Å². The number of hydrogen-bond donors (Lipinski definition) is 0. The fourth-order valence-electron chi connectivity index (χ4n) is 7.00. The number of ether oxygens (including phenoxy) is 4. The molecule has 0 amide bonds. The number of rotatable bonds is 5. The summed E-state index contributed by atoms with van der Waals surface area (Å²) in [6.45, 7) is 8.08. The Morgan fingerprint density at radius 1 is 0.431 bits per heavy atom. The van der Waals surface area contributed by atoms with Gasteiger partial charge in [-0.15, -0.1) is 0 Å². The highest BCUT2D eigenvalue weighted by molar-refractivity contribution is 7.54. The monoisotopic (exact) mass is 1040 g/mol. The summed E-state index contributed by atoms with van der Waals surface area (Å²) in [5, 5.41) is 3.28. The summed E-state index contributed by atoms with van der Waals surface area (Å²) < 4.78 is 37.1. The SMILES string of the molecule is CC1(C)OB(c2c(Oc3cccc(Cl)c3)cccc2Oc2cccc(Cl)c2)OC1(C)C.Clc1ccc2c(c1)Oc1cccc3c1B2c1ccc(Cl)cc1O3.Clc1ccccc1.[Cl][Al]([Cl])[Cl]. The molecule has 330 valence electrons. The second-order valence-corrected chi connectivity index (χ2v) is 24.2. The molecule has 7 aromatic carbocycles. The van der Waals surface area contributed by atoms with Crippen LogP contribution in [0.5, 0.6) is 46.0 Å². The third-order valence-corrected chi connectivity index (χ3v) is 11.8. The number of fused-ring (bicyclic) bond motifs is 4. The molecule has 0 saturated carbocycles. The van der Waals surface area contributed by atoms with Crippen molar-refractivity contribution in [3.63, 3.8) is 0 Å². The van der Waals surface area contributed by atoms with E-state index in [4.69, 9.17) is 116 Å². The first-order valence-electron chi connectivity index (χ1n) is 20.0. The van der Waals surface area contributed by atoms with Crippen molar-refractivity contribution in [1.82, 2.24) is 0 Å². The first kappa shape index (κ1) is 49.5. The van der Waals surface area contributed by atoms with Gasteiger partial charge in [0, 0.05) is 30.6 Å². The molecule has 0 atom stereocenters. The molecule has 7 aromatic rings. The lowest BCUT2D eigenvalue weighted by atomic mass is 9.35. The van der Waals surface area contributed by atoms with Gasteiger partial charge in [-0.25, -0.2) is 30.1 Å². The van der Waals surface area contributed by atoms with Crippen LogP contribution < -0.4 is 40.8 Å². The summed E-state index contributed by atoms with van der Waals surface area (Å²) in [6.07, 6.45) is 0. The number of benzene rings is 7. The highest BCUT2D eigenvalue weighted by Crippen LogP contribution is 2.40. The molecule has 0 N–H and O–H groups in total. The van der Waals surface area contributed by atoms with Crippen LogP contribution in [0.3, 0.4) is 0 Å². The summed E-state index contributed by atoms with van der Waals surface area (Å²) in [6, 6.07) is 46.8. The van der Waals surface area contributed by atoms with Crippen LogP contribution >= 0.6 is 88.2 Å². The molecule has 3 heterocycles. The summed E-state index contributed by atoms with van der Waals surface area (Å²) in [5.74, 6) is 5.51. The summed E-state index contributed by atoms with van der Waals surface area (Å²) >= 11 is 28.4. The zero-order valence-electron chi connectivity index (χ0n) is 35.1. The van der Waals surface area contributed by atoms with E-state index >= 15 is 0 Å². The topological polar surface area (TPSA) is 55.4 Å². The average Bonchev–Trinajstić information content (AvgIpc) is 3.46. The molecule has 3 aliphatic rings. The quantitative estimate of drug-likeness (QED) is 0.160. The highest BCUT2D eigenvalue weighted by atomic mass is 35.8. The molecule has 1 fully saturated rings. The van der Waals surface area contributed by atoms with Gasteiger partial charge < -0.3 is 28.3 Å². The van der Waals surface area contributed by atoms with Crippen LogP contribution in [0.25, 0.3) is 0 Å². The molecule has 0 radical (unpaired) electrons. The molecular weight excluding hydrogens is 1000 g/mol. The number of hydrogen-bond acceptors (Lipinski definition) is 6. The Bertz CT molecular complexity index is 2630. The highest BCUT2D eigenvalue weighted by Gasteiger charge is 2.53. The van der Waals surface area contributed by atoms with Crippen molar-refractivity contribution in [2.45, 2.75) is 38.9 Å². The van der Waals surface area contributed by atoms with Gasteiger partial charge in [-0.3, -0.25) is 0 Å². The Morgan fingerprint density at radius 2 is 0.831 bits per heavy atom. The van der Waals surface area contributed by atoms with Crippen LogP contribution in [0.2, 0.25) is 25.1 Å². The van der Waals surface area contributed by atoms with Gasteiger partial charge in [-0.1, -0.05) is 113 Å². The molecule has 0 aromatic heterocycles. The predicted octanol–water partition coefficient (Wildman–Crippen LogP) is 14.6. The van der Waals surface area contributed by atoms with Crippen LogP contribution in [-0.2, 0) is 9.31 Å². The summed E-state index contributed by atoms with van der Waals surface area (Å²) in [5.41, 5.74) is 2.84. The largest absolute Gasteiger partial charge is 0.643 e. The van der Waals surface area contributed by atoms with Crippen molar-refractivity contribution in [3.05, 3.63) is 177 Å². The van der Waals surface area contributed by atoms with Crippen molar-refractivity contribution in [1.29, 1.82) is 0 Å². The average molecular weight is 1040 g/mol. The van der Waals surface area contributed by atoms with Gasteiger partial charge in [0.15, 0.2) is 0 Å². The fourth-order valence-corrected chi connectivity index (χ4v) is 7.83. The van der Waals surface area contributed by atoms with Gasteiger partial charge in [0.2, 0.25) is 0 Å². The van der Waals surface area contributed by atoms with Crippen LogP contribution in [0.15, 0.2) is 152 Å². The minimum absolute atomic E-state index is 0.0585. The normalized spacial score (nSPS) is 14.2. The Hall–Kier alpha value is -3.36. The van der Waals surface area contributed by atoms with E-state index in [9.17, 15) is 0 Å². The van der Waals surface area contributed by atoms with Crippen LogP contribution in [0.1, 0.15) is 27.7 Å². The van der Waals surface area contributed by atoms with E-state index < -0.39 is 29.7 Å². The van der Waals surface area contributed by atoms with E-state index in [1.807, 2.05) is 155 Å². The maximum absolute atomic E-state index is 6.32. The van der Waals surface area contributed by atoms with E-state index in [1.165, 1.54) is 0 Å². The molecule has 0 unspecified atom stereocenters. The minimum Gasteiger partial charge on any atom is -0.458 e. The molecule has 0 bridgehead atoms. The van der Waals surface area contributed by atoms with Crippen LogP contribution in [0.4, 0.5) is 0 Å². The molecule has 17 heteroatoms. The zero-order valence-corrected chi connectivity index (χ0v) is 42.3. The van der Waals surface area contributed by atoms with E-state index in [0.717, 1.165) is 44.4 Å². The van der Waals surface area contributed by atoms with Crippen molar-refractivity contribution in [2.24, 2.45) is 0 Å². The molecule has 3 aliphatic heterocycles. The summed E-state index contributed by atoms with van der Waals surface area (Å²) in [7, 11) is 14.1. The fraction of sp³-hybridized carbons (Fsp3) is 0.125. The first-order valence-corrected chi connectivity index (χ1v) is 27.2. The molecule has 0 spiro atoms. The molecule has 6 nitrogen and oxygen atoms in total. The maximum atomic E-state index is 6.32. The van der Waals surface area contributed by atoms with E-state index in [1.54, 1.807) is 24.3 Å². The predicted molar refractivity (Wildman–Crippen MR) is 274 cm³/mol. The second-order valence-electron chi connectivity index (χ2n) is 15.6. The third-order valence-electron chi connectivity index (χ3n) is 10.6. The van der Waals surface area contributed by atoms with Crippen LogP contribution in [0, 0.1) is 0 Å².